The van der Waals surface area contributed by atoms with E-state index in [1.165, 1.54) is 0 Å². The molecule has 72 valence electrons. The van der Waals surface area contributed by atoms with Gasteiger partial charge in [-0.2, -0.15) is 38.4 Å². The molecule has 2 nitrogen and oxygen atoms in total. The maximum Gasteiger partial charge on any atom is 0.401 e. The fraction of sp³-hybridized carbons (Fsp3) is 0.800. The molecule has 2 atom stereocenters. The summed E-state index contributed by atoms with van der Waals surface area (Å²) in [5.41, 5.74) is 0. The standard InChI is InChI=1S/C5H7F3O2S2/c1-10-4(9)2(11)3(12)5(6,7)8/h2-3,11-12H,1H3. The van der Waals surface area contributed by atoms with Crippen LogP contribution < -0.4 is 0 Å². The van der Waals surface area contributed by atoms with Crippen molar-refractivity contribution in [2.45, 2.75) is 16.7 Å². The van der Waals surface area contributed by atoms with Crippen LogP contribution in [0.2, 0.25) is 0 Å². The van der Waals surface area contributed by atoms with Crippen LogP contribution in [0.25, 0.3) is 0 Å². The molecule has 0 N–H and O–H groups in total. The van der Waals surface area contributed by atoms with Gasteiger partial charge in [0.2, 0.25) is 0 Å². The molecule has 12 heavy (non-hydrogen) atoms. The molecule has 0 heterocycles. The first-order chi connectivity index (χ1) is 5.30. The lowest BCUT2D eigenvalue weighted by Gasteiger charge is -2.18. The molecule has 0 aromatic rings. The Morgan fingerprint density at radius 3 is 2.08 bits per heavy atom. The average Bonchev–Trinajstić information content (AvgIpc) is 1.98. The number of ether oxygens (including phenoxy) is 1. The minimum absolute atomic E-state index is 0.989. The van der Waals surface area contributed by atoms with E-state index in [9.17, 15) is 18.0 Å². The number of carbonyl (C=O) groups is 1. The zero-order valence-corrected chi connectivity index (χ0v) is 7.79. The first kappa shape index (κ1) is 12.0. The second kappa shape index (κ2) is 4.27. The van der Waals surface area contributed by atoms with Crippen LogP contribution in [0.3, 0.4) is 0 Å². The van der Waals surface area contributed by atoms with E-state index in [0.717, 1.165) is 7.11 Å². The van der Waals surface area contributed by atoms with Crippen molar-refractivity contribution in [1.29, 1.82) is 0 Å². The maximum absolute atomic E-state index is 11.9. The topological polar surface area (TPSA) is 26.3 Å². The average molecular weight is 220 g/mol. The highest BCUT2D eigenvalue weighted by Crippen LogP contribution is 2.29. The fourth-order valence-electron chi connectivity index (χ4n) is 0.429. The van der Waals surface area contributed by atoms with Crippen LogP contribution in [-0.4, -0.2) is 29.8 Å². The molecule has 0 bridgehead atoms. The van der Waals surface area contributed by atoms with Crippen LogP contribution in [0.1, 0.15) is 0 Å². The lowest BCUT2D eigenvalue weighted by Crippen LogP contribution is -2.37. The van der Waals surface area contributed by atoms with Gasteiger partial charge in [0.15, 0.2) is 0 Å². The van der Waals surface area contributed by atoms with Crippen molar-refractivity contribution in [3.63, 3.8) is 0 Å². The van der Waals surface area contributed by atoms with E-state index in [-0.39, 0.29) is 0 Å². The first-order valence-electron chi connectivity index (χ1n) is 2.81. The zero-order chi connectivity index (χ0) is 9.94. The molecular formula is C5H7F3O2S2. The summed E-state index contributed by atoms with van der Waals surface area (Å²) in [7, 11) is 0.989. The molecule has 0 saturated heterocycles. The number of alkyl halides is 3. The maximum atomic E-state index is 11.9. The molecule has 0 aliphatic rings. The van der Waals surface area contributed by atoms with E-state index in [4.69, 9.17) is 0 Å². The van der Waals surface area contributed by atoms with Crippen molar-refractivity contribution >= 4 is 31.2 Å². The van der Waals surface area contributed by atoms with Crippen molar-refractivity contribution in [1.82, 2.24) is 0 Å². The summed E-state index contributed by atoms with van der Waals surface area (Å²) in [6.07, 6.45) is -4.55. The third kappa shape index (κ3) is 3.14. The quantitative estimate of drug-likeness (QED) is 0.542. The molecule has 0 aliphatic carbocycles. The van der Waals surface area contributed by atoms with Crippen molar-refractivity contribution in [2.75, 3.05) is 7.11 Å². The summed E-state index contributed by atoms with van der Waals surface area (Å²) in [6, 6.07) is 0. The number of hydrogen-bond donors (Lipinski definition) is 2. The summed E-state index contributed by atoms with van der Waals surface area (Å²) in [4.78, 5) is 10.6. The normalized spacial score (nSPS) is 16.8. The highest BCUT2D eigenvalue weighted by Gasteiger charge is 2.44. The lowest BCUT2D eigenvalue weighted by atomic mass is 10.3. The highest BCUT2D eigenvalue weighted by atomic mass is 32.1. The van der Waals surface area contributed by atoms with E-state index in [2.05, 4.69) is 30.0 Å². The van der Waals surface area contributed by atoms with Crippen LogP contribution in [0.5, 0.6) is 0 Å². The van der Waals surface area contributed by atoms with Gasteiger partial charge in [-0.1, -0.05) is 0 Å². The molecule has 0 radical (unpaired) electrons. The van der Waals surface area contributed by atoms with Crippen LogP contribution >= 0.6 is 25.3 Å². The molecule has 0 aromatic carbocycles. The summed E-state index contributed by atoms with van der Waals surface area (Å²) in [5.74, 6) is -1.05. The van der Waals surface area contributed by atoms with Crippen molar-refractivity contribution in [3.8, 4) is 0 Å². The Morgan fingerprint density at radius 1 is 1.42 bits per heavy atom. The first-order valence-corrected chi connectivity index (χ1v) is 3.84. The Bertz CT molecular complexity index is 171. The molecule has 0 saturated carbocycles. The Balaban J connectivity index is 4.29. The van der Waals surface area contributed by atoms with Crippen molar-refractivity contribution < 1.29 is 22.7 Å². The summed E-state index contributed by atoms with van der Waals surface area (Å²) in [5, 5.41) is -3.69. The Morgan fingerprint density at radius 2 is 1.83 bits per heavy atom. The molecule has 0 rings (SSSR count). The number of rotatable bonds is 2. The van der Waals surface area contributed by atoms with E-state index >= 15 is 0 Å². The van der Waals surface area contributed by atoms with Crippen molar-refractivity contribution in [2.24, 2.45) is 0 Å². The number of halogens is 3. The predicted octanol–water partition coefficient (Wildman–Crippen LogP) is 1.32. The van der Waals surface area contributed by atoms with Gasteiger partial charge in [-0.05, 0) is 0 Å². The number of thiol groups is 2. The fourth-order valence-corrected chi connectivity index (χ4v) is 0.825. The summed E-state index contributed by atoms with van der Waals surface area (Å²) in [6.45, 7) is 0. The van der Waals surface area contributed by atoms with E-state index in [1.54, 1.807) is 0 Å². The van der Waals surface area contributed by atoms with Gasteiger partial charge in [0.05, 0.1) is 7.11 Å². The van der Waals surface area contributed by atoms with Crippen LogP contribution in [0, 0.1) is 0 Å². The Kier molecular flexibility index (Phi) is 4.25. The summed E-state index contributed by atoms with van der Waals surface area (Å²) >= 11 is 6.62. The van der Waals surface area contributed by atoms with Gasteiger partial charge in [-0.15, -0.1) is 0 Å². The third-order valence-electron chi connectivity index (χ3n) is 1.08. The van der Waals surface area contributed by atoms with Gasteiger partial charge in [0, 0.05) is 0 Å². The minimum atomic E-state index is -4.55. The molecule has 0 aliphatic heterocycles. The van der Waals surface area contributed by atoms with E-state index in [0.29, 0.717) is 0 Å². The van der Waals surface area contributed by atoms with Gasteiger partial charge >= 0.3 is 12.1 Å². The Labute approximate surface area is 78.3 Å². The number of methoxy groups -OCH3 is 1. The monoisotopic (exact) mass is 220 g/mol. The third-order valence-corrected chi connectivity index (χ3v) is 2.41. The number of esters is 1. The van der Waals surface area contributed by atoms with Gasteiger partial charge in [0.25, 0.3) is 0 Å². The smallest absolute Gasteiger partial charge is 0.401 e. The second-order valence-corrected chi connectivity index (χ2v) is 3.07. The predicted molar refractivity (Wildman–Crippen MR) is 43.6 cm³/mol. The molecule has 7 heteroatoms. The molecule has 0 fully saturated rings. The molecule has 0 aromatic heterocycles. The number of carbonyl (C=O) groups excluding carboxylic acids is 1. The molecule has 0 amide bonds. The van der Waals surface area contributed by atoms with Gasteiger partial charge in [-0.3, -0.25) is 4.79 Å². The molecular weight excluding hydrogens is 213 g/mol. The minimum Gasteiger partial charge on any atom is -0.468 e. The SMILES string of the molecule is COC(=O)C(S)C(S)C(F)(F)F. The van der Waals surface area contributed by atoms with Crippen LogP contribution in [0.15, 0.2) is 0 Å². The largest absolute Gasteiger partial charge is 0.468 e. The Hall–Kier alpha value is -0.0400. The lowest BCUT2D eigenvalue weighted by molar-refractivity contribution is -0.150. The van der Waals surface area contributed by atoms with Gasteiger partial charge in [-0.25, -0.2) is 0 Å². The van der Waals surface area contributed by atoms with Crippen LogP contribution in [0.4, 0.5) is 13.2 Å². The summed E-state index contributed by atoms with van der Waals surface area (Å²) < 4.78 is 39.7. The second-order valence-electron chi connectivity index (χ2n) is 1.95. The van der Waals surface area contributed by atoms with Gasteiger partial charge < -0.3 is 4.74 Å². The highest BCUT2D eigenvalue weighted by molar-refractivity contribution is 7.85. The van der Waals surface area contributed by atoms with Crippen LogP contribution in [-0.2, 0) is 9.53 Å². The van der Waals surface area contributed by atoms with Crippen molar-refractivity contribution in [3.05, 3.63) is 0 Å². The van der Waals surface area contributed by atoms with Gasteiger partial charge in [0.1, 0.15) is 10.5 Å². The zero-order valence-electron chi connectivity index (χ0n) is 6.00. The van der Waals surface area contributed by atoms with E-state index in [1.807, 2.05) is 0 Å². The molecule has 2 unspecified atom stereocenters. The number of hydrogen-bond acceptors (Lipinski definition) is 4. The molecule has 0 spiro atoms. The van der Waals surface area contributed by atoms with E-state index < -0.39 is 22.6 Å².